The van der Waals surface area contributed by atoms with Crippen LogP contribution in [0.2, 0.25) is 0 Å². The van der Waals surface area contributed by atoms with E-state index in [9.17, 15) is 0 Å². The number of azide groups is 1. The predicted octanol–water partition coefficient (Wildman–Crippen LogP) is 4.51. The van der Waals surface area contributed by atoms with Gasteiger partial charge in [0.05, 0.1) is 14.2 Å². The quantitative estimate of drug-likeness (QED) is 0.350. The molecule has 0 bridgehead atoms. The molecule has 0 saturated carbocycles. The molecule has 0 atom stereocenters. The Kier molecular flexibility index (Phi) is 4.85. The van der Waals surface area contributed by atoms with Crippen molar-refractivity contribution in [3.63, 3.8) is 0 Å². The molecule has 0 radical (unpaired) electrons. The molecular weight excluding hydrogens is 266 g/mol. The third kappa shape index (κ3) is 3.78. The Morgan fingerprint density at radius 1 is 0.952 bits per heavy atom. The Labute approximate surface area is 123 Å². The second-order valence-electron chi connectivity index (χ2n) is 4.22. The molecule has 21 heavy (non-hydrogen) atoms. The summed E-state index contributed by atoms with van der Waals surface area (Å²) in [4.78, 5) is 2.89. The lowest BCUT2D eigenvalue weighted by Crippen LogP contribution is -1.85. The van der Waals surface area contributed by atoms with Gasteiger partial charge < -0.3 is 9.47 Å². The van der Waals surface area contributed by atoms with Gasteiger partial charge >= 0.3 is 0 Å². The molecule has 0 heterocycles. The third-order valence-corrected chi connectivity index (χ3v) is 2.96. The van der Waals surface area contributed by atoms with E-state index in [-0.39, 0.29) is 0 Å². The van der Waals surface area contributed by atoms with Crippen LogP contribution in [0.1, 0.15) is 11.1 Å². The molecule has 0 aliphatic heterocycles. The van der Waals surface area contributed by atoms with Gasteiger partial charge in [-0.05, 0) is 47.0 Å². The summed E-state index contributed by atoms with van der Waals surface area (Å²) in [5.41, 5.74) is 11.0. The van der Waals surface area contributed by atoms with E-state index in [0.29, 0.717) is 5.70 Å². The van der Waals surface area contributed by atoms with Gasteiger partial charge in [0.15, 0.2) is 0 Å². The zero-order valence-electron chi connectivity index (χ0n) is 11.9. The molecule has 2 rings (SSSR count). The fourth-order valence-corrected chi connectivity index (χ4v) is 1.84. The Balaban J connectivity index is 2.36. The van der Waals surface area contributed by atoms with Gasteiger partial charge in [0.1, 0.15) is 11.5 Å². The van der Waals surface area contributed by atoms with Gasteiger partial charge in [0.2, 0.25) is 0 Å². The van der Waals surface area contributed by atoms with Crippen LogP contribution in [0.25, 0.3) is 22.2 Å². The molecule has 0 N–H and O–H groups in total. The van der Waals surface area contributed by atoms with Crippen molar-refractivity contribution in [3.8, 4) is 11.5 Å². The summed E-state index contributed by atoms with van der Waals surface area (Å²) >= 11 is 0. The molecule has 0 fully saturated rings. The number of rotatable bonds is 5. The average Bonchev–Trinajstić information content (AvgIpc) is 2.55. The summed E-state index contributed by atoms with van der Waals surface area (Å²) in [6, 6.07) is 14.9. The molecule has 0 aromatic heterocycles. The van der Waals surface area contributed by atoms with Crippen LogP contribution in [0, 0.1) is 0 Å². The molecule has 2 aromatic carbocycles. The molecule has 5 heteroatoms. The fraction of sp³-hybridized carbons (Fsp3) is 0.125. The summed E-state index contributed by atoms with van der Waals surface area (Å²) < 4.78 is 10.2. The first-order valence-corrected chi connectivity index (χ1v) is 6.32. The highest BCUT2D eigenvalue weighted by atomic mass is 16.5. The van der Waals surface area contributed by atoms with Crippen LogP contribution in [-0.2, 0) is 0 Å². The first-order valence-electron chi connectivity index (χ1n) is 6.32. The van der Waals surface area contributed by atoms with Crippen LogP contribution >= 0.6 is 0 Å². The fourth-order valence-electron chi connectivity index (χ4n) is 1.84. The lowest BCUT2D eigenvalue weighted by atomic mass is 10.1. The zero-order chi connectivity index (χ0) is 15.1. The third-order valence-electron chi connectivity index (χ3n) is 2.96. The lowest BCUT2D eigenvalue weighted by molar-refractivity contribution is 0.414. The largest absolute Gasteiger partial charge is 0.497 e. The molecule has 0 spiro atoms. The Bertz CT molecular complexity index is 670. The van der Waals surface area contributed by atoms with E-state index in [0.717, 1.165) is 22.6 Å². The second kappa shape index (κ2) is 7.03. The normalized spacial score (nSPS) is 10.7. The smallest absolute Gasteiger partial charge is 0.118 e. The minimum absolute atomic E-state index is 0.547. The van der Waals surface area contributed by atoms with Crippen molar-refractivity contribution in [3.05, 3.63) is 70.1 Å². The summed E-state index contributed by atoms with van der Waals surface area (Å²) in [6.07, 6.45) is 1.82. The van der Waals surface area contributed by atoms with Gasteiger partial charge in [-0.3, -0.25) is 0 Å². The summed E-state index contributed by atoms with van der Waals surface area (Å²) in [7, 11) is 3.23. The topological polar surface area (TPSA) is 67.2 Å². The highest BCUT2D eigenvalue weighted by molar-refractivity contribution is 5.80. The molecule has 0 saturated heterocycles. The van der Waals surface area contributed by atoms with E-state index in [1.54, 1.807) is 14.2 Å². The predicted molar refractivity (Wildman–Crippen MR) is 83.0 cm³/mol. The Hall–Kier alpha value is -2.91. The van der Waals surface area contributed by atoms with Gasteiger partial charge in [-0.2, -0.15) is 0 Å². The van der Waals surface area contributed by atoms with Crippen LogP contribution in [0.3, 0.4) is 0 Å². The molecule has 0 aliphatic rings. The molecule has 5 nitrogen and oxygen atoms in total. The van der Waals surface area contributed by atoms with Crippen molar-refractivity contribution in [1.29, 1.82) is 0 Å². The van der Waals surface area contributed by atoms with E-state index < -0.39 is 0 Å². The minimum Gasteiger partial charge on any atom is -0.497 e. The first kappa shape index (κ1) is 14.5. The molecule has 2 aromatic rings. The van der Waals surface area contributed by atoms with Crippen molar-refractivity contribution in [2.75, 3.05) is 14.2 Å². The summed E-state index contributed by atoms with van der Waals surface area (Å²) in [5, 5.41) is 3.76. The first-order chi connectivity index (χ1) is 10.3. The van der Waals surface area contributed by atoms with Gasteiger partial charge in [0, 0.05) is 10.6 Å². The number of hydrogen-bond acceptors (Lipinski definition) is 3. The second-order valence-corrected chi connectivity index (χ2v) is 4.22. The van der Waals surface area contributed by atoms with Crippen molar-refractivity contribution in [2.45, 2.75) is 0 Å². The maximum Gasteiger partial charge on any atom is 0.118 e. The van der Waals surface area contributed by atoms with Gasteiger partial charge in [-0.25, -0.2) is 0 Å². The van der Waals surface area contributed by atoms with Crippen LogP contribution in [0.4, 0.5) is 0 Å². The molecular formula is C16H15N3O2. The number of hydrogen-bond donors (Lipinski definition) is 0. The lowest BCUT2D eigenvalue weighted by Gasteiger charge is -2.04. The van der Waals surface area contributed by atoms with Crippen molar-refractivity contribution in [2.24, 2.45) is 5.11 Å². The zero-order valence-corrected chi connectivity index (χ0v) is 11.9. The highest BCUT2D eigenvalue weighted by Crippen LogP contribution is 2.23. The van der Waals surface area contributed by atoms with E-state index in [4.69, 9.17) is 15.0 Å². The maximum atomic E-state index is 8.73. The number of ether oxygens (including phenoxy) is 2. The maximum absolute atomic E-state index is 8.73. The number of methoxy groups -OCH3 is 2. The van der Waals surface area contributed by atoms with Crippen molar-refractivity contribution < 1.29 is 9.47 Å². The van der Waals surface area contributed by atoms with Crippen LogP contribution in [0.15, 0.2) is 53.6 Å². The minimum atomic E-state index is 0.547. The Morgan fingerprint density at radius 2 is 1.48 bits per heavy atom. The van der Waals surface area contributed by atoms with E-state index >= 15 is 0 Å². The van der Waals surface area contributed by atoms with Gasteiger partial charge in [-0.15, -0.1) is 0 Å². The van der Waals surface area contributed by atoms with E-state index in [2.05, 4.69) is 10.0 Å². The van der Waals surface area contributed by atoms with E-state index in [1.165, 1.54) is 0 Å². The molecule has 0 unspecified atom stereocenters. The molecule has 0 aliphatic carbocycles. The monoisotopic (exact) mass is 281 g/mol. The standard InChI is InChI=1S/C16H15N3O2/c1-20-14-7-3-12(4-8-14)11-16(18-19-17)13-5-9-15(21-2)10-6-13/h3-11H,1-2H3. The molecule has 106 valence electrons. The van der Waals surface area contributed by atoms with Gasteiger partial charge in [-0.1, -0.05) is 29.4 Å². The molecule has 0 amide bonds. The van der Waals surface area contributed by atoms with Crippen molar-refractivity contribution >= 4 is 11.8 Å². The van der Waals surface area contributed by atoms with Crippen LogP contribution in [0.5, 0.6) is 11.5 Å². The Morgan fingerprint density at radius 3 is 1.95 bits per heavy atom. The summed E-state index contributed by atoms with van der Waals surface area (Å²) in [6.45, 7) is 0. The highest BCUT2D eigenvalue weighted by Gasteiger charge is 2.01. The van der Waals surface area contributed by atoms with E-state index in [1.807, 2.05) is 54.6 Å². The SMILES string of the molecule is COc1ccc(C=C(N=[N+]=[N-])c2ccc(OC)cc2)cc1. The summed E-state index contributed by atoms with van der Waals surface area (Å²) in [5.74, 6) is 1.53. The van der Waals surface area contributed by atoms with Crippen LogP contribution in [-0.4, -0.2) is 14.2 Å². The average molecular weight is 281 g/mol. The van der Waals surface area contributed by atoms with Crippen LogP contribution < -0.4 is 9.47 Å². The van der Waals surface area contributed by atoms with Crippen molar-refractivity contribution in [1.82, 2.24) is 0 Å². The number of benzene rings is 2. The van der Waals surface area contributed by atoms with Gasteiger partial charge in [0.25, 0.3) is 0 Å². The number of nitrogens with zero attached hydrogens (tertiary/aromatic N) is 3.